The molecule has 0 saturated carbocycles. The van der Waals surface area contributed by atoms with Crippen molar-refractivity contribution in [2.45, 2.75) is 6.18 Å². The van der Waals surface area contributed by atoms with Gasteiger partial charge in [0.2, 0.25) is 11.8 Å². The molecular weight excluding hydrogens is 245 g/mol. The van der Waals surface area contributed by atoms with Crippen LogP contribution in [0.4, 0.5) is 30.6 Å². The largest absolute Gasteiger partial charge is 0.405 e. The standard InChI is InChI=1S/C6H7F3N6O2/c7-6(8,9)2-12-4-3(15(16)17)1-11-5(13-4)14-10/h1H,2,10H2,(H2,11,12,13,14). The van der Waals surface area contributed by atoms with Gasteiger partial charge in [-0.2, -0.15) is 18.2 Å². The van der Waals surface area contributed by atoms with Gasteiger partial charge in [0.1, 0.15) is 12.7 Å². The van der Waals surface area contributed by atoms with Crippen molar-refractivity contribution in [1.29, 1.82) is 0 Å². The number of nitrogens with zero attached hydrogens (tertiary/aromatic N) is 3. The first-order chi connectivity index (χ1) is 7.83. The molecule has 1 heterocycles. The Bertz CT molecular complexity index is 423. The Morgan fingerprint density at radius 2 is 2.18 bits per heavy atom. The molecule has 0 fully saturated rings. The summed E-state index contributed by atoms with van der Waals surface area (Å²) in [7, 11) is 0. The van der Waals surface area contributed by atoms with Crippen LogP contribution in [0, 0.1) is 10.1 Å². The summed E-state index contributed by atoms with van der Waals surface area (Å²) in [5.74, 6) is 4.14. The summed E-state index contributed by atoms with van der Waals surface area (Å²) in [5.41, 5.74) is 1.29. The molecule has 94 valence electrons. The summed E-state index contributed by atoms with van der Waals surface area (Å²) in [4.78, 5) is 16.4. The summed E-state index contributed by atoms with van der Waals surface area (Å²) in [5, 5.41) is 12.3. The van der Waals surface area contributed by atoms with E-state index in [1.54, 1.807) is 5.32 Å². The monoisotopic (exact) mass is 252 g/mol. The number of hydrazine groups is 1. The first kappa shape index (κ1) is 12.9. The molecular formula is C6H7F3N6O2. The van der Waals surface area contributed by atoms with E-state index < -0.39 is 29.1 Å². The van der Waals surface area contributed by atoms with Crippen LogP contribution in [0.2, 0.25) is 0 Å². The number of aromatic nitrogens is 2. The molecule has 1 aromatic heterocycles. The van der Waals surface area contributed by atoms with Gasteiger partial charge in [-0.15, -0.1) is 0 Å². The maximum Gasteiger partial charge on any atom is 0.405 e. The van der Waals surface area contributed by atoms with Crippen molar-refractivity contribution in [2.24, 2.45) is 5.84 Å². The van der Waals surface area contributed by atoms with Crippen LogP contribution in [-0.4, -0.2) is 27.6 Å². The van der Waals surface area contributed by atoms with E-state index in [9.17, 15) is 23.3 Å². The minimum Gasteiger partial charge on any atom is -0.355 e. The highest BCUT2D eigenvalue weighted by Crippen LogP contribution is 2.23. The summed E-state index contributed by atoms with van der Waals surface area (Å²) in [6.45, 7) is -1.45. The fourth-order valence-corrected chi connectivity index (χ4v) is 0.893. The van der Waals surface area contributed by atoms with E-state index in [0.29, 0.717) is 0 Å². The lowest BCUT2D eigenvalue weighted by atomic mass is 10.4. The van der Waals surface area contributed by atoms with Crippen LogP contribution in [0.15, 0.2) is 6.20 Å². The quantitative estimate of drug-likeness (QED) is 0.408. The Morgan fingerprint density at radius 1 is 1.53 bits per heavy atom. The molecule has 17 heavy (non-hydrogen) atoms. The van der Waals surface area contributed by atoms with Crippen LogP contribution in [0.25, 0.3) is 0 Å². The normalized spacial score (nSPS) is 11.1. The first-order valence-corrected chi connectivity index (χ1v) is 4.12. The Labute approximate surface area is 92.2 Å². The second kappa shape index (κ2) is 4.78. The van der Waals surface area contributed by atoms with Gasteiger partial charge >= 0.3 is 11.9 Å². The number of nitro groups is 1. The number of nitrogens with one attached hydrogen (secondary N) is 2. The molecule has 0 spiro atoms. The zero-order valence-corrected chi connectivity index (χ0v) is 8.15. The minimum absolute atomic E-state index is 0.236. The van der Waals surface area contributed by atoms with Crippen molar-refractivity contribution in [2.75, 3.05) is 17.3 Å². The van der Waals surface area contributed by atoms with Crippen molar-refractivity contribution in [3.63, 3.8) is 0 Å². The average Bonchev–Trinajstić information content (AvgIpc) is 2.24. The second-order valence-corrected chi connectivity index (χ2v) is 2.80. The SMILES string of the molecule is NNc1ncc([N+](=O)[O-])c(NCC(F)(F)F)n1. The van der Waals surface area contributed by atoms with Gasteiger partial charge < -0.3 is 5.32 Å². The van der Waals surface area contributed by atoms with Crippen molar-refractivity contribution < 1.29 is 18.1 Å². The predicted molar refractivity (Wildman–Crippen MR) is 51.0 cm³/mol. The number of anilines is 2. The number of nitrogen functional groups attached to an aromatic ring is 1. The van der Waals surface area contributed by atoms with Gasteiger partial charge in [0.05, 0.1) is 4.92 Å². The molecule has 4 N–H and O–H groups in total. The van der Waals surface area contributed by atoms with E-state index >= 15 is 0 Å². The lowest BCUT2D eigenvalue weighted by Gasteiger charge is -2.09. The minimum atomic E-state index is -4.52. The van der Waals surface area contributed by atoms with Crippen LogP contribution in [-0.2, 0) is 0 Å². The smallest absolute Gasteiger partial charge is 0.355 e. The third-order valence-corrected chi connectivity index (χ3v) is 1.55. The van der Waals surface area contributed by atoms with E-state index in [-0.39, 0.29) is 5.95 Å². The summed E-state index contributed by atoms with van der Waals surface area (Å²) in [6.07, 6.45) is -3.77. The topological polar surface area (TPSA) is 119 Å². The molecule has 0 unspecified atom stereocenters. The molecule has 0 atom stereocenters. The van der Waals surface area contributed by atoms with Crippen molar-refractivity contribution >= 4 is 17.5 Å². The van der Waals surface area contributed by atoms with E-state index in [1.807, 2.05) is 5.43 Å². The third-order valence-electron chi connectivity index (χ3n) is 1.55. The molecule has 0 amide bonds. The number of alkyl halides is 3. The molecule has 0 aliphatic rings. The van der Waals surface area contributed by atoms with Crippen LogP contribution in [0.5, 0.6) is 0 Å². The summed E-state index contributed by atoms with van der Waals surface area (Å²) < 4.78 is 35.8. The fourth-order valence-electron chi connectivity index (χ4n) is 0.893. The zero-order chi connectivity index (χ0) is 13.1. The van der Waals surface area contributed by atoms with E-state index in [1.165, 1.54) is 0 Å². The number of nitrogens with two attached hydrogens (primary N) is 1. The molecule has 0 aromatic carbocycles. The zero-order valence-electron chi connectivity index (χ0n) is 8.15. The Hall–Kier alpha value is -2.17. The van der Waals surface area contributed by atoms with Gasteiger partial charge in [-0.05, 0) is 0 Å². The number of hydrogen-bond donors (Lipinski definition) is 3. The second-order valence-electron chi connectivity index (χ2n) is 2.80. The number of rotatable bonds is 4. The average molecular weight is 252 g/mol. The summed E-state index contributed by atoms with van der Waals surface area (Å²) in [6, 6.07) is 0. The van der Waals surface area contributed by atoms with Gasteiger partial charge in [0.15, 0.2) is 0 Å². The van der Waals surface area contributed by atoms with E-state index in [4.69, 9.17) is 5.84 Å². The molecule has 11 heteroatoms. The van der Waals surface area contributed by atoms with Crippen LogP contribution >= 0.6 is 0 Å². The molecule has 0 aliphatic carbocycles. The van der Waals surface area contributed by atoms with E-state index in [0.717, 1.165) is 6.20 Å². The molecule has 0 saturated heterocycles. The predicted octanol–water partition coefficient (Wildman–Crippen LogP) is 0.645. The van der Waals surface area contributed by atoms with Crippen molar-refractivity contribution in [1.82, 2.24) is 9.97 Å². The molecule has 0 radical (unpaired) electrons. The van der Waals surface area contributed by atoms with Gasteiger partial charge in [-0.25, -0.2) is 10.8 Å². The van der Waals surface area contributed by atoms with Crippen LogP contribution < -0.4 is 16.6 Å². The summed E-state index contributed by atoms with van der Waals surface area (Å²) >= 11 is 0. The molecule has 8 nitrogen and oxygen atoms in total. The Kier molecular flexibility index (Phi) is 3.62. The maximum atomic E-state index is 11.9. The third kappa shape index (κ3) is 3.71. The molecule has 1 rings (SSSR count). The van der Waals surface area contributed by atoms with Gasteiger partial charge in [0.25, 0.3) is 0 Å². The lowest BCUT2D eigenvalue weighted by Crippen LogP contribution is -2.23. The maximum absolute atomic E-state index is 11.9. The van der Waals surface area contributed by atoms with Crippen molar-refractivity contribution in [3.8, 4) is 0 Å². The first-order valence-electron chi connectivity index (χ1n) is 4.12. The van der Waals surface area contributed by atoms with E-state index in [2.05, 4.69) is 9.97 Å². The Morgan fingerprint density at radius 3 is 2.65 bits per heavy atom. The van der Waals surface area contributed by atoms with Crippen LogP contribution in [0.3, 0.4) is 0 Å². The Balaban J connectivity index is 2.97. The molecule has 0 bridgehead atoms. The molecule has 1 aromatic rings. The van der Waals surface area contributed by atoms with Crippen LogP contribution in [0.1, 0.15) is 0 Å². The fraction of sp³-hybridized carbons (Fsp3) is 0.333. The highest BCUT2D eigenvalue weighted by atomic mass is 19.4. The van der Waals surface area contributed by atoms with Crippen molar-refractivity contribution in [3.05, 3.63) is 16.3 Å². The van der Waals surface area contributed by atoms with Gasteiger partial charge in [0, 0.05) is 0 Å². The number of hydrogen-bond acceptors (Lipinski definition) is 7. The highest BCUT2D eigenvalue weighted by Gasteiger charge is 2.29. The molecule has 0 aliphatic heterocycles. The number of halogens is 3. The lowest BCUT2D eigenvalue weighted by molar-refractivity contribution is -0.384. The highest BCUT2D eigenvalue weighted by molar-refractivity contribution is 5.56. The van der Waals surface area contributed by atoms with Gasteiger partial charge in [-0.1, -0.05) is 0 Å². The van der Waals surface area contributed by atoms with Gasteiger partial charge in [-0.3, -0.25) is 15.5 Å².